The quantitative estimate of drug-likeness (QED) is 0.936. The fourth-order valence-electron chi connectivity index (χ4n) is 1.91. The van der Waals surface area contributed by atoms with E-state index in [0.717, 1.165) is 17.2 Å². The third-order valence-corrected chi connectivity index (χ3v) is 5.01. The van der Waals surface area contributed by atoms with Crippen LogP contribution in [0, 0.1) is 13.8 Å². The Balaban J connectivity index is 2.09. The number of nitrogens with zero attached hydrogens (tertiary/aromatic N) is 3. The third kappa shape index (κ3) is 2.88. The molecule has 0 saturated carbocycles. The van der Waals surface area contributed by atoms with E-state index >= 15 is 0 Å². The Kier molecular flexibility index (Phi) is 3.99. The molecule has 2 rings (SSSR count). The van der Waals surface area contributed by atoms with E-state index in [4.69, 9.17) is 5.73 Å². The second kappa shape index (κ2) is 5.34. The summed E-state index contributed by atoms with van der Waals surface area (Å²) in [6.45, 7) is 7.21. The van der Waals surface area contributed by atoms with Crippen molar-refractivity contribution in [2.24, 2.45) is 0 Å². The molecule has 0 radical (unpaired) electrons. The first-order valence-electron chi connectivity index (χ1n) is 5.81. The van der Waals surface area contributed by atoms with Crippen molar-refractivity contribution in [2.45, 2.75) is 33.4 Å². The van der Waals surface area contributed by atoms with Crippen molar-refractivity contribution >= 4 is 27.8 Å². The highest BCUT2D eigenvalue weighted by atomic mass is 32.1. The van der Waals surface area contributed by atoms with Crippen LogP contribution >= 0.6 is 22.7 Å². The number of hydrogen-bond acceptors (Lipinski definition) is 6. The Bertz CT molecular complexity index is 532. The average molecular weight is 282 g/mol. The van der Waals surface area contributed by atoms with Gasteiger partial charge in [-0.2, -0.15) is 0 Å². The summed E-state index contributed by atoms with van der Waals surface area (Å²) in [5, 5.41) is 1.76. The first-order valence-corrected chi connectivity index (χ1v) is 7.45. The van der Waals surface area contributed by atoms with Gasteiger partial charge in [0.25, 0.3) is 0 Å². The molecule has 0 aliphatic carbocycles. The molecule has 0 saturated heterocycles. The minimum Gasteiger partial charge on any atom is -0.375 e. The van der Waals surface area contributed by atoms with Gasteiger partial charge in [-0.3, -0.25) is 4.90 Å². The lowest BCUT2D eigenvalue weighted by atomic mass is 10.2. The predicted octanol–water partition coefficient (Wildman–Crippen LogP) is 2.99. The maximum absolute atomic E-state index is 5.65. The first-order chi connectivity index (χ1) is 8.47. The molecular formula is C12H18N4S2. The van der Waals surface area contributed by atoms with Crippen LogP contribution in [0.5, 0.6) is 0 Å². The highest BCUT2D eigenvalue weighted by molar-refractivity contribution is 7.15. The van der Waals surface area contributed by atoms with Crippen LogP contribution in [0.2, 0.25) is 0 Å². The van der Waals surface area contributed by atoms with Gasteiger partial charge < -0.3 is 5.73 Å². The zero-order valence-electron chi connectivity index (χ0n) is 11.1. The summed E-state index contributed by atoms with van der Waals surface area (Å²) in [6, 6.07) is 0.361. The smallest absolute Gasteiger partial charge is 0.180 e. The second-order valence-corrected chi connectivity index (χ2v) is 6.82. The SMILES string of the molecule is Cc1nc(C)c(C(C)N(C)Cc2cnc(N)s2)s1. The molecule has 2 aromatic rings. The molecule has 0 spiro atoms. The van der Waals surface area contributed by atoms with Crippen LogP contribution in [0.3, 0.4) is 0 Å². The van der Waals surface area contributed by atoms with E-state index in [2.05, 4.69) is 42.7 Å². The summed E-state index contributed by atoms with van der Waals surface area (Å²) in [5.74, 6) is 0. The molecule has 98 valence electrons. The van der Waals surface area contributed by atoms with Crippen molar-refractivity contribution in [3.63, 3.8) is 0 Å². The van der Waals surface area contributed by atoms with Crippen molar-refractivity contribution in [3.8, 4) is 0 Å². The molecule has 2 heterocycles. The fraction of sp³-hybridized carbons (Fsp3) is 0.500. The van der Waals surface area contributed by atoms with Gasteiger partial charge in [-0.15, -0.1) is 22.7 Å². The van der Waals surface area contributed by atoms with Crippen LogP contribution in [0.15, 0.2) is 6.20 Å². The van der Waals surface area contributed by atoms with Crippen molar-refractivity contribution in [1.29, 1.82) is 0 Å². The Morgan fingerprint density at radius 3 is 2.61 bits per heavy atom. The molecule has 4 nitrogen and oxygen atoms in total. The average Bonchev–Trinajstić information content (AvgIpc) is 2.84. The number of aromatic nitrogens is 2. The van der Waals surface area contributed by atoms with Crippen LogP contribution in [0.1, 0.15) is 33.4 Å². The standard InChI is InChI=1S/C12H18N4S2/c1-7-11(17-9(3)15-7)8(2)16(4)6-10-5-14-12(13)18-10/h5,8H,6H2,1-4H3,(H2,13,14). The normalized spacial score (nSPS) is 13.2. The molecule has 0 amide bonds. The van der Waals surface area contributed by atoms with E-state index in [9.17, 15) is 0 Å². The molecule has 18 heavy (non-hydrogen) atoms. The second-order valence-electron chi connectivity index (χ2n) is 4.44. The Morgan fingerprint density at radius 2 is 2.11 bits per heavy atom. The minimum atomic E-state index is 0.361. The van der Waals surface area contributed by atoms with Crippen LogP contribution in [0.4, 0.5) is 5.13 Å². The monoisotopic (exact) mass is 282 g/mol. The Labute approximate surface area is 115 Å². The van der Waals surface area contributed by atoms with Crippen LogP contribution in [0.25, 0.3) is 0 Å². The van der Waals surface area contributed by atoms with Gasteiger partial charge in [-0.1, -0.05) is 0 Å². The largest absolute Gasteiger partial charge is 0.375 e. The molecule has 0 aromatic carbocycles. The summed E-state index contributed by atoms with van der Waals surface area (Å²) < 4.78 is 0. The van der Waals surface area contributed by atoms with E-state index in [-0.39, 0.29) is 0 Å². The van der Waals surface area contributed by atoms with Crippen LogP contribution < -0.4 is 5.73 Å². The number of aryl methyl sites for hydroxylation is 2. The van der Waals surface area contributed by atoms with Crippen LogP contribution in [-0.4, -0.2) is 21.9 Å². The lowest BCUT2D eigenvalue weighted by molar-refractivity contribution is 0.257. The fourth-order valence-corrected chi connectivity index (χ4v) is 3.71. The Morgan fingerprint density at radius 1 is 1.39 bits per heavy atom. The molecule has 0 bridgehead atoms. The van der Waals surface area contributed by atoms with E-state index in [1.54, 1.807) is 22.7 Å². The molecule has 0 aliphatic heterocycles. The van der Waals surface area contributed by atoms with E-state index in [1.165, 1.54) is 9.75 Å². The number of hydrogen-bond donors (Lipinski definition) is 1. The van der Waals surface area contributed by atoms with Gasteiger partial charge in [0.15, 0.2) is 5.13 Å². The predicted molar refractivity (Wildman–Crippen MR) is 78.0 cm³/mol. The topological polar surface area (TPSA) is 55.0 Å². The van der Waals surface area contributed by atoms with E-state index < -0.39 is 0 Å². The van der Waals surface area contributed by atoms with Gasteiger partial charge in [0.1, 0.15) is 0 Å². The number of rotatable bonds is 4. The highest BCUT2D eigenvalue weighted by Gasteiger charge is 2.18. The van der Waals surface area contributed by atoms with Gasteiger partial charge >= 0.3 is 0 Å². The summed E-state index contributed by atoms with van der Waals surface area (Å²) in [5.41, 5.74) is 6.79. The van der Waals surface area contributed by atoms with Crippen molar-refractivity contribution < 1.29 is 0 Å². The molecule has 1 unspecified atom stereocenters. The number of thiazole rings is 2. The molecule has 2 N–H and O–H groups in total. The van der Waals surface area contributed by atoms with Gasteiger partial charge in [-0.25, -0.2) is 9.97 Å². The minimum absolute atomic E-state index is 0.361. The van der Waals surface area contributed by atoms with Crippen molar-refractivity contribution in [3.05, 3.63) is 26.7 Å². The lowest BCUT2D eigenvalue weighted by Crippen LogP contribution is -2.21. The van der Waals surface area contributed by atoms with Gasteiger partial charge in [-0.05, 0) is 27.8 Å². The van der Waals surface area contributed by atoms with Crippen LogP contribution in [-0.2, 0) is 6.54 Å². The third-order valence-electron chi connectivity index (χ3n) is 2.96. The molecule has 1 atom stereocenters. The molecule has 0 aliphatic rings. The first kappa shape index (κ1) is 13.5. The van der Waals surface area contributed by atoms with Crippen molar-refractivity contribution in [1.82, 2.24) is 14.9 Å². The summed E-state index contributed by atoms with van der Waals surface area (Å²) >= 11 is 3.33. The van der Waals surface area contributed by atoms with Crippen molar-refractivity contribution in [2.75, 3.05) is 12.8 Å². The maximum atomic E-state index is 5.65. The summed E-state index contributed by atoms with van der Waals surface area (Å²) in [6.07, 6.45) is 1.86. The number of nitrogens with two attached hydrogens (primary N) is 1. The van der Waals surface area contributed by atoms with Gasteiger partial charge in [0.2, 0.25) is 0 Å². The lowest BCUT2D eigenvalue weighted by Gasteiger charge is -2.23. The molecule has 2 aromatic heterocycles. The maximum Gasteiger partial charge on any atom is 0.180 e. The Hall–Kier alpha value is -0.980. The summed E-state index contributed by atoms with van der Waals surface area (Å²) in [7, 11) is 2.12. The van der Waals surface area contributed by atoms with E-state index in [0.29, 0.717) is 11.2 Å². The zero-order chi connectivity index (χ0) is 13.3. The molecule has 6 heteroatoms. The number of anilines is 1. The van der Waals surface area contributed by atoms with Gasteiger partial charge in [0.05, 0.1) is 10.7 Å². The number of nitrogen functional groups attached to an aromatic ring is 1. The molecule has 0 fully saturated rings. The van der Waals surface area contributed by atoms with E-state index in [1.807, 2.05) is 6.20 Å². The van der Waals surface area contributed by atoms with Gasteiger partial charge in [0, 0.05) is 28.5 Å². The molecular weight excluding hydrogens is 264 g/mol. The summed E-state index contributed by atoms with van der Waals surface area (Å²) in [4.78, 5) is 13.4. The highest BCUT2D eigenvalue weighted by Crippen LogP contribution is 2.29. The zero-order valence-corrected chi connectivity index (χ0v) is 12.7.